The van der Waals surface area contributed by atoms with Gasteiger partial charge in [0.05, 0.1) is 29.6 Å². The molecule has 0 saturated heterocycles. The minimum Gasteiger partial charge on any atom is -0.465 e. The average molecular weight is 288 g/mol. The van der Waals surface area contributed by atoms with E-state index in [4.69, 9.17) is 16.3 Å². The first-order chi connectivity index (χ1) is 9.72. The van der Waals surface area contributed by atoms with Crippen molar-refractivity contribution >= 4 is 23.1 Å². The number of esters is 1. The number of carbonyl (C=O) groups is 1. The van der Waals surface area contributed by atoms with Gasteiger partial charge in [0.1, 0.15) is 5.52 Å². The fourth-order valence-electron chi connectivity index (χ4n) is 2.09. The molecule has 2 heterocycles. The van der Waals surface area contributed by atoms with Crippen LogP contribution in [0.2, 0.25) is 5.02 Å². The molecule has 6 heteroatoms. The summed E-state index contributed by atoms with van der Waals surface area (Å²) >= 11 is 6.16. The van der Waals surface area contributed by atoms with E-state index in [0.29, 0.717) is 21.8 Å². The van der Waals surface area contributed by atoms with E-state index in [0.717, 1.165) is 5.56 Å². The lowest BCUT2D eigenvalue weighted by molar-refractivity contribution is 0.0601. The third-order valence-corrected chi connectivity index (χ3v) is 3.29. The quantitative estimate of drug-likeness (QED) is 0.680. The number of ether oxygens (including phenoxy) is 1. The number of carbonyl (C=O) groups excluding carboxylic acids is 1. The molecule has 100 valence electrons. The highest BCUT2D eigenvalue weighted by atomic mass is 35.5. The van der Waals surface area contributed by atoms with Crippen LogP contribution in [0.15, 0.2) is 42.6 Å². The molecular formula is C14H10ClN3O2. The topological polar surface area (TPSA) is 56.5 Å². The zero-order chi connectivity index (χ0) is 14.1. The van der Waals surface area contributed by atoms with Gasteiger partial charge in [0.25, 0.3) is 0 Å². The van der Waals surface area contributed by atoms with E-state index >= 15 is 0 Å². The number of hydrogen-bond acceptors (Lipinski definition) is 4. The molecule has 0 amide bonds. The molecule has 0 atom stereocenters. The van der Waals surface area contributed by atoms with E-state index in [1.165, 1.54) is 7.11 Å². The smallest absolute Gasteiger partial charge is 0.340 e. The van der Waals surface area contributed by atoms with Gasteiger partial charge in [0, 0.05) is 5.56 Å². The van der Waals surface area contributed by atoms with Crippen LogP contribution in [0.4, 0.5) is 0 Å². The summed E-state index contributed by atoms with van der Waals surface area (Å²) < 4.78 is 6.37. The lowest BCUT2D eigenvalue weighted by Crippen LogP contribution is -2.08. The molecule has 2 aromatic heterocycles. The molecule has 0 radical (unpaired) electrons. The number of methoxy groups -OCH3 is 1. The van der Waals surface area contributed by atoms with Gasteiger partial charge in [-0.2, -0.15) is 0 Å². The SMILES string of the molecule is COC(=O)c1cc(Cl)c2cnnn2c1-c1ccccc1. The van der Waals surface area contributed by atoms with Crippen LogP contribution < -0.4 is 0 Å². The van der Waals surface area contributed by atoms with E-state index in [1.54, 1.807) is 16.8 Å². The maximum Gasteiger partial charge on any atom is 0.340 e. The Balaban J connectivity index is 2.40. The molecule has 0 spiro atoms. The normalized spacial score (nSPS) is 10.7. The largest absolute Gasteiger partial charge is 0.465 e. The van der Waals surface area contributed by atoms with Gasteiger partial charge >= 0.3 is 5.97 Å². The highest BCUT2D eigenvalue weighted by molar-refractivity contribution is 6.34. The zero-order valence-electron chi connectivity index (χ0n) is 10.6. The molecule has 0 aliphatic rings. The lowest BCUT2D eigenvalue weighted by atomic mass is 10.1. The first kappa shape index (κ1) is 12.6. The van der Waals surface area contributed by atoms with Crippen molar-refractivity contribution in [3.63, 3.8) is 0 Å². The summed E-state index contributed by atoms with van der Waals surface area (Å²) in [6.45, 7) is 0. The van der Waals surface area contributed by atoms with Gasteiger partial charge < -0.3 is 4.74 Å². The summed E-state index contributed by atoms with van der Waals surface area (Å²) in [6, 6.07) is 11.0. The average Bonchev–Trinajstić information content (AvgIpc) is 2.97. The molecule has 3 rings (SSSR count). The summed E-state index contributed by atoms with van der Waals surface area (Å²) in [7, 11) is 1.33. The predicted molar refractivity (Wildman–Crippen MR) is 74.8 cm³/mol. The molecular weight excluding hydrogens is 278 g/mol. The second-order valence-electron chi connectivity index (χ2n) is 4.14. The van der Waals surface area contributed by atoms with Crippen molar-refractivity contribution < 1.29 is 9.53 Å². The van der Waals surface area contributed by atoms with Crippen molar-refractivity contribution in [2.24, 2.45) is 0 Å². The van der Waals surface area contributed by atoms with Crippen molar-refractivity contribution in [1.29, 1.82) is 0 Å². The minimum atomic E-state index is -0.469. The van der Waals surface area contributed by atoms with E-state index < -0.39 is 5.97 Å². The van der Waals surface area contributed by atoms with Crippen molar-refractivity contribution in [3.05, 3.63) is 53.2 Å². The maximum absolute atomic E-state index is 12.0. The Morgan fingerprint density at radius 2 is 2.05 bits per heavy atom. The molecule has 3 aromatic rings. The Kier molecular flexibility index (Phi) is 3.12. The predicted octanol–water partition coefficient (Wildman–Crippen LogP) is 2.84. The van der Waals surface area contributed by atoms with Gasteiger partial charge in [-0.3, -0.25) is 0 Å². The molecule has 0 aliphatic heterocycles. The van der Waals surface area contributed by atoms with Gasteiger partial charge in [-0.25, -0.2) is 9.31 Å². The highest BCUT2D eigenvalue weighted by Gasteiger charge is 2.20. The molecule has 0 saturated carbocycles. The molecule has 0 bridgehead atoms. The van der Waals surface area contributed by atoms with Gasteiger partial charge in [-0.15, -0.1) is 5.10 Å². The van der Waals surface area contributed by atoms with Crippen LogP contribution in [0, 0.1) is 0 Å². The Morgan fingerprint density at radius 3 is 2.75 bits per heavy atom. The number of halogens is 1. The van der Waals surface area contributed by atoms with Crippen molar-refractivity contribution in [2.75, 3.05) is 7.11 Å². The van der Waals surface area contributed by atoms with Crippen LogP contribution in [0.3, 0.4) is 0 Å². The maximum atomic E-state index is 12.0. The third-order valence-electron chi connectivity index (χ3n) is 2.98. The second kappa shape index (κ2) is 4.94. The van der Waals surface area contributed by atoms with Crippen LogP contribution >= 0.6 is 11.6 Å². The van der Waals surface area contributed by atoms with Gasteiger partial charge in [0.15, 0.2) is 0 Å². The molecule has 1 aromatic carbocycles. The van der Waals surface area contributed by atoms with Gasteiger partial charge in [-0.05, 0) is 6.07 Å². The van der Waals surface area contributed by atoms with Crippen LogP contribution in [0.1, 0.15) is 10.4 Å². The van der Waals surface area contributed by atoms with E-state index in [2.05, 4.69) is 10.3 Å². The highest BCUT2D eigenvalue weighted by Crippen LogP contribution is 2.29. The fraction of sp³-hybridized carbons (Fsp3) is 0.0714. The van der Waals surface area contributed by atoms with Crippen LogP contribution in [-0.4, -0.2) is 27.9 Å². The molecule has 20 heavy (non-hydrogen) atoms. The fourth-order valence-corrected chi connectivity index (χ4v) is 2.32. The standard InChI is InChI=1S/C14H10ClN3O2/c1-20-14(19)10-7-11(15)12-8-16-17-18(12)13(10)9-5-3-2-4-6-9/h2-8H,1H3. The first-order valence-corrected chi connectivity index (χ1v) is 6.27. The Bertz CT molecular complexity index is 784. The molecule has 0 fully saturated rings. The van der Waals surface area contributed by atoms with Crippen molar-refractivity contribution in [1.82, 2.24) is 14.8 Å². The number of benzene rings is 1. The summed E-state index contributed by atoms with van der Waals surface area (Å²) in [5, 5.41) is 8.26. The summed E-state index contributed by atoms with van der Waals surface area (Å²) in [4.78, 5) is 12.0. The molecule has 5 nitrogen and oxygen atoms in total. The van der Waals surface area contributed by atoms with Crippen LogP contribution in [0.5, 0.6) is 0 Å². The molecule has 0 aliphatic carbocycles. The Labute approximate surface area is 119 Å². The Morgan fingerprint density at radius 1 is 1.30 bits per heavy atom. The second-order valence-corrected chi connectivity index (χ2v) is 4.55. The number of fused-ring (bicyclic) bond motifs is 1. The monoisotopic (exact) mass is 287 g/mol. The number of rotatable bonds is 2. The number of aromatic nitrogens is 3. The van der Waals surface area contributed by atoms with E-state index in [9.17, 15) is 4.79 Å². The molecule has 0 unspecified atom stereocenters. The number of hydrogen-bond donors (Lipinski definition) is 0. The van der Waals surface area contributed by atoms with Crippen molar-refractivity contribution in [3.8, 4) is 11.3 Å². The van der Waals surface area contributed by atoms with Crippen LogP contribution in [-0.2, 0) is 4.74 Å². The van der Waals surface area contributed by atoms with Gasteiger partial charge in [0.2, 0.25) is 0 Å². The summed E-state index contributed by atoms with van der Waals surface area (Å²) in [5.74, 6) is -0.469. The summed E-state index contributed by atoms with van der Waals surface area (Å²) in [6.07, 6.45) is 1.55. The van der Waals surface area contributed by atoms with Crippen molar-refractivity contribution in [2.45, 2.75) is 0 Å². The number of pyridine rings is 1. The minimum absolute atomic E-state index is 0.349. The van der Waals surface area contributed by atoms with E-state index in [-0.39, 0.29) is 0 Å². The van der Waals surface area contributed by atoms with E-state index in [1.807, 2.05) is 30.3 Å². The Hall–Kier alpha value is -2.40. The zero-order valence-corrected chi connectivity index (χ0v) is 11.3. The number of nitrogens with zero attached hydrogens (tertiary/aromatic N) is 3. The lowest BCUT2D eigenvalue weighted by Gasteiger charge is -2.11. The summed E-state index contributed by atoms with van der Waals surface area (Å²) in [5.41, 5.74) is 2.43. The first-order valence-electron chi connectivity index (χ1n) is 5.89. The third kappa shape index (κ3) is 1.92. The molecule has 0 N–H and O–H groups in total. The van der Waals surface area contributed by atoms with Crippen LogP contribution in [0.25, 0.3) is 16.8 Å². The van der Waals surface area contributed by atoms with Gasteiger partial charge in [-0.1, -0.05) is 47.1 Å².